The Balaban J connectivity index is 1.43. The third-order valence-electron chi connectivity index (χ3n) is 6.00. The molecule has 0 amide bonds. The Labute approximate surface area is 197 Å². The van der Waals surface area contributed by atoms with Crippen LogP contribution in [0.4, 0.5) is 13.2 Å². The highest BCUT2D eigenvalue weighted by molar-refractivity contribution is 6.30. The van der Waals surface area contributed by atoms with Crippen molar-refractivity contribution in [1.29, 1.82) is 0 Å². The van der Waals surface area contributed by atoms with Gasteiger partial charge in [0.25, 0.3) is 0 Å². The summed E-state index contributed by atoms with van der Waals surface area (Å²) in [5.74, 6) is -1.58. The van der Waals surface area contributed by atoms with E-state index >= 15 is 4.39 Å². The van der Waals surface area contributed by atoms with Crippen molar-refractivity contribution in [3.63, 3.8) is 0 Å². The van der Waals surface area contributed by atoms with E-state index in [4.69, 9.17) is 21.1 Å². The Morgan fingerprint density at radius 3 is 2.39 bits per heavy atom. The molecule has 174 valence electrons. The molecule has 6 heteroatoms. The molecule has 0 bridgehead atoms. The Morgan fingerprint density at radius 2 is 1.70 bits per heavy atom. The lowest BCUT2D eigenvalue weighted by molar-refractivity contribution is -0.205. The predicted octanol–water partition coefficient (Wildman–Crippen LogP) is 7.71. The van der Waals surface area contributed by atoms with Crippen molar-refractivity contribution in [2.45, 2.75) is 38.9 Å². The normalized spacial score (nSPS) is 18.9. The van der Waals surface area contributed by atoms with E-state index in [-0.39, 0.29) is 5.82 Å². The number of allylic oxidation sites excluding steroid dienone is 2. The highest BCUT2D eigenvalue weighted by Crippen LogP contribution is 2.31. The van der Waals surface area contributed by atoms with Crippen LogP contribution in [0.1, 0.15) is 42.7 Å². The first kappa shape index (κ1) is 23.8. The monoisotopic (exact) mass is 474 g/mol. The molecular formula is C27H26ClF3O2. The number of hydrogen-bond acceptors (Lipinski definition) is 2. The van der Waals surface area contributed by atoms with Crippen molar-refractivity contribution in [1.82, 2.24) is 0 Å². The van der Waals surface area contributed by atoms with E-state index < -0.39 is 22.9 Å². The van der Waals surface area contributed by atoms with Gasteiger partial charge in [-0.25, -0.2) is 13.2 Å². The molecule has 1 aliphatic heterocycles. The average Bonchev–Trinajstić information content (AvgIpc) is 2.82. The molecule has 0 spiro atoms. The number of rotatable bonds is 7. The molecular weight excluding hydrogens is 449 g/mol. The van der Waals surface area contributed by atoms with Gasteiger partial charge in [-0.2, -0.15) is 0 Å². The maximum atomic E-state index is 15.1. The fraction of sp³-hybridized carbons (Fsp3) is 0.333. The van der Waals surface area contributed by atoms with Gasteiger partial charge in [0.15, 0.2) is 6.29 Å². The molecule has 3 aromatic carbocycles. The molecule has 1 saturated heterocycles. The fourth-order valence-electron chi connectivity index (χ4n) is 4.13. The second-order valence-electron chi connectivity index (χ2n) is 8.40. The Kier molecular flexibility index (Phi) is 7.74. The fourth-order valence-corrected chi connectivity index (χ4v) is 4.24. The lowest BCUT2D eigenvalue weighted by Crippen LogP contribution is -2.27. The van der Waals surface area contributed by atoms with Crippen molar-refractivity contribution >= 4 is 22.4 Å². The largest absolute Gasteiger partial charge is 0.348 e. The summed E-state index contributed by atoms with van der Waals surface area (Å²) >= 11 is 5.53. The number of halogens is 4. The quantitative estimate of drug-likeness (QED) is 0.258. The second kappa shape index (κ2) is 10.7. The van der Waals surface area contributed by atoms with Crippen molar-refractivity contribution in [2.24, 2.45) is 5.92 Å². The summed E-state index contributed by atoms with van der Waals surface area (Å²) in [6.07, 6.45) is 6.38. The van der Waals surface area contributed by atoms with Crippen LogP contribution in [0.15, 0.2) is 54.6 Å². The van der Waals surface area contributed by atoms with E-state index in [1.807, 2.05) is 31.2 Å². The lowest BCUT2D eigenvalue weighted by Gasteiger charge is -2.29. The summed E-state index contributed by atoms with van der Waals surface area (Å²) in [7, 11) is 0. The van der Waals surface area contributed by atoms with Crippen molar-refractivity contribution in [3.05, 3.63) is 93.8 Å². The summed E-state index contributed by atoms with van der Waals surface area (Å²) in [6.45, 7) is 3.29. The topological polar surface area (TPSA) is 18.5 Å². The molecule has 0 radical (unpaired) electrons. The maximum absolute atomic E-state index is 15.1. The molecule has 1 aliphatic rings. The summed E-state index contributed by atoms with van der Waals surface area (Å²) < 4.78 is 54.3. The van der Waals surface area contributed by atoms with E-state index in [0.717, 1.165) is 23.8 Å². The van der Waals surface area contributed by atoms with Crippen LogP contribution in [0.5, 0.6) is 0 Å². The van der Waals surface area contributed by atoms with Gasteiger partial charge in [0.2, 0.25) is 0 Å². The van der Waals surface area contributed by atoms with Gasteiger partial charge in [-0.1, -0.05) is 48.0 Å². The summed E-state index contributed by atoms with van der Waals surface area (Å²) in [5, 5.41) is 0.714. The van der Waals surface area contributed by atoms with E-state index in [0.29, 0.717) is 48.5 Å². The SMILES string of the molecule is C/C=C/CCC1COC(c2ccc3c(F)c(CCc4cc(F)c(Cl)c(F)c4)ccc3c2)OC1. The van der Waals surface area contributed by atoms with Gasteiger partial charge in [-0.05, 0) is 67.3 Å². The minimum absolute atomic E-state index is 0.296. The number of benzene rings is 3. The third kappa shape index (κ3) is 5.60. The van der Waals surface area contributed by atoms with Gasteiger partial charge in [-0.15, -0.1) is 0 Å². The van der Waals surface area contributed by atoms with Gasteiger partial charge in [-0.3, -0.25) is 0 Å². The van der Waals surface area contributed by atoms with E-state index in [1.54, 1.807) is 12.1 Å². The van der Waals surface area contributed by atoms with Gasteiger partial charge < -0.3 is 9.47 Å². The van der Waals surface area contributed by atoms with Crippen molar-refractivity contribution in [2.75, 3.05) is 13.2 Å². The number of fused-ring (bicyclic) bond motifs is 1. The van der Waals surface area contributed by atoms with Crippen LogP contribution >= 0.6 is 11.6 Å². The molecule has 0 saturated carbocycles. The highest BCUT2D eigenvalue weighted by Gasteiger charge is 2.23. The molecule has 2 nitrogen and oxygen atoms in total. The van der Waals surface area contributed by atoms with Gasteiger partial charge in [0.05, 0.1) is 13.2 Å². The lowest BCUT2D eigenvalue weighted by atomic mass is 9.98. The molecule has 1 fully saturated rings. The molecule has 0 N–H and O–H groups in total. The van der Waals surface area contributed by atoms with Crippen LogP contribution < -0.4 is 0 Å². The van der Waals surface area contributed by atoms with E-state index in [2.05, 4.69) is 6.08 Å². The van der Waals surface area contributed by atoms with Crippen LogP contribution in [0.3, 0.4) is 0 Å². The average molecular weight is 475 g/mol. The molecule has 3 aromatic rings. The van der Waals surface area contributed by atoms with Crippen LogP contribution in [0.25, 0.3) is 10.8 Å². The molecule has 0 atom stereocenters. The molecule has 0 unspecified atom stereocenters. The maximum Gasteiger partial charge on any atom is 0.183 e. The van der Waals surface area contributed by atoms with Crippen molar-refractivity contribution in [3.8, 4) is 0 Å². The highest BCUT2D eigenvalue weighted by atomic mass is 35.5. The first-order valence-corrected chi connectivity index (χ1v) is 11.5. The zero-order chi connectivity index (χ0) is 23.4. The first-order chi connectivity index (χ1) is 16.0. The standard InChI is InChI=1S/C27H26ClF3O2/c1-2-3-4-5-18-15-32-27(33-16-18)21-10-11-22-20(14-21)9-8-19(26(22)31)7-6-17-12-23(29)25(28)24(30)13-17/h2-3,8-14,18,27H,4-7,15-16H2,1H3/b3-2+. The molecule has 0 aliphatic carbocycles. The van der Waals surface area contributed by atoms with Crippen molar-refractivity contribution < 1.29 is 22.6 Å². The molecule has 1 heterocycles. The molecule has 0 aromatic heterocycles. The van der Waals surface area contributed by atoms with E-state index in [9.17, 15) is 8.78 Å². The zero-order valence-corrected chi connectivity index (χ0v) is 19.2. The number of aryl methyl sites for hydroxylation is 2. The van der Waals surface area contributed by atoms with Gasteiger partial charge in [0.1, 0.15) is 22.5 Å². The predicted molar refractivity (Wildman–Crippen MR) is 125 cm³/mol. The number of hydrogen-bond donors (Lipinski definition) is 0. The molecule has 4 rings (SSSR count). The third-order valence-corrected chi connectivity index (χ3v) is 6.36. The summed E-state index contributed by atoms with van der Waals surface area (Å²) in [5.41, 5.74) is 1.77. The van der Waals surface area contributed by atoms with E-state index in [1.165, 1.54) is 12.1 Å². The Bertz CT molecular complexity index is 1130. The summed E-state index contributed by atoms with van der Waals surface area (Å²) in [4.78, 5) is 0. The number of ether oxygens (including phenoxy) is 2. The smallest absolute Gasteiger partial charge is 0.183 e. The van der Waals surface area contributed by atoms with Crippen LogP contribution in [0, 0.1) is 23.4 Å². The van der Waals surface area contributed by atoms with Crippen LogP contribution in [-0.4, -0.2) is 13.2 Å². The van der Waals surface area contributed by atoms with Gasteiger partial charge >= 0.3 is 0 Å². The zero-order valence-electron chi connectivity index (χ0n) is 18.4. The first-order valence-electron chi connectivity index (χ1n) is 11.1. The van der Waals surface area contributed by atoms with Gasteiger partial charge in [0, 0.05) is 16.9 Å². The summed E-state index contributed by atoms with van der Waals surface area (Å²) in [6, 6.07) is 11.4. The van der Waals surface area contributed by atoms with Crippen LogP contribution in [-0.2, 0) is 22.3 Å². The Hall–Kier alpha value is -2.34. The molecule has 33 heavy (non-hydrogen) atoms. The minimum atomic E-state index is -0.811. The van der Waals surface area contributed by atoms with Crippen LogP contribution in [0.2, 0.25) is 5.02 Å². The second-order valence-corrected chi connectivity index (χ2v) is 8.78. The minimum Gasteiger partial charge on any atom is -0.348 e. The Morgan fingerprint density at radius 1 is 0.970 bits per heavy atom.